The van der Waals surface area contributed by atoms with Crippen molar-refractivity contribution in [2.75, 3.05) is 0 Å². The summed E-state index contributed by atoms with van der Waals surface area (Å²) in [5.41, 5.74) is 1.61. The molecule has 1 atom stereocenters. The normalized spacial score (nSPS) is 11.8. The van der Waals surface area contributed by atoms with Crippen LogP contribution in [0.15, 0.2) is 27.4 Å². The molecule has 0 fully saturated rings. The lowest BCUT2D eigenvalue weighted by Crippen LogP contribution is -2.13. The van der Waals surface area contributed by atoms with Crippen molar-refractivity contribution >= 4 is 16.9 Å². The minimum absolute atomic E-state index is 0.0437. The average molecular weight is 320 g/mol. The Morgan fingerprint density at radius 2 is 1.96 bits per heavy atom. The van der Waals surface area contributed by atoms with Crippen molar-refractivity contribution < 1.29 is 13.9 Å². The highest BCUT2D eigenvalue weighted by molar-refractivity contribution is 5.69. The van der Waals surface area contributed by atoms with Crippen molar-refractivity contribution in [3.05, 3.63) is 34.2 Å². The molecule has 1 aromatic carbocycles. The number of ether oxygens (including phenoxy) is 1. The highest BCUT2D eigenvalue weighted by atomic mass is 16.5. The average Bonchev–Trinajstić information content (AvgIpc) is 2.56. The molecule has 0 amide bonds. The Morgan fingerprint density at radius 3 is 2.43 bits per heavy atom. The van der Waals surface area contributed by atoms with Crippen LogP contribution in [-0.2, 0) is 16.0 Å². The first-order valence-electron chi connectivity index (χ1n) is 8.56. The molecule has 3 rings (SSSR count). The van der Waals surface area contributed by atoms with Crippen molar-refractivity contribution in [2.24, 2.45) is 0 Å². The number of hydrogen-bond donors (Lipinski definition) is 0. The van der Waals surface area contributed by atoms with Crippen LogP contribution in [0.25, 0.3) is 11.0 Å². The second-order valence-corrected chi connectivity index (χ2v) is 5.73. The van der Waals surface area contributed by atoms with Crippen molar-refractivity contribution in [3.8, 4) is 0 Å². The van der Waals surface area contributed by atoms with Crippen LogP contribution in [0.1, 0.15) is 65.4 Å². The molecule has 0 saturated carbocycles. The number of hydrogen-bond acceptors (Lipinski definition) is 4. The van der Waals surface area contributed by atoms with Crippen LogP contribution >= 0.6 is 0 Å². The van der Waals surface area contributed by atoms with Crippen LogP contribution in [0.5, 0.6) is 0 Å². The maximum atomic E-state index is 11.1. The van der Waals surface area contributed by atoms with Gasteiger partial charge in [0.1, 0.15) is 5.58 Å². The topological polar surface area (TPSA) is 56.5 Å². The summed E-state index contributed by atoms with van der Waals surface area (Å²) in [6.07, 6.45) is 5.71. The number of carbonyl (C=O) groups is 1. The maximum Gasteiger partial charge on any atom is 0.343 e. The van der Waals surface area contributed by atoms with E-state index in [9.17, 15) is 9.59 Å². The zero-order valence-electron chi connectivity index (χ0n) is 14.7. The Morgan fingerprint density at radius 1 is 1.22 bits per heavy atom. The van der Waals surface area contributed by atoms with E-state index in [4.69, 9.17) is 9.15 Å². The first-order chi connectivity index (χ1) is 11.0. The summed E-state index contributed by atoms with van der Waals surface area (Å²) in [4.78, 5) is 22.0. The number of carbonyl (C=O) groups excluding carboxylic acids is 1. The van der Waals surface area contributed by atoms with Gasteiger partial charge in [-0.05, 0) is 49.9 Å². The zero-order chi connectivity index (χ0) is 17.2. The SMILES string of the molecule is CCCCCC(=O)OC(C)CC.CCc1cc2ccc1oc2=O. The van der Waals surface area contributed by atoms with E-state index in [2.05, 4.69) is 6.92 Å². The van der Waals surface area contributed by atoms with E-state index in [1.807, 2.05) is 32.9 Å². The smallest absolute Gasteiger partial charge is 0.343 e. The molecule has 0 saturated heterocycles. The number of benzene rings is 1. The highest BCUT2D eigenvalue weighted by Crippen LogP contribution is 2.14. The molecular weight excluding hydrogens is 292 g/mol. The van der Waals surface area contributed by atoms with Gasteiger partial charge in [0, 0.05) is 6.42 Å². The number of esters is 1. The quantitative estimate of drug-likeness (QED) is 0.548. The fourth-order valence-electron chi connectivity index (χ4n) is 2.13. The number of aryl methyl sites for hydroxylation is 1. The lowest BCUT2D eigenvalue weighted by Gasteiger charge is -2.09. The van der Waals surface area contributed by atoms with Crippen LogP contribution in [0.3, 0.4) is 0 Å². The molecule has 0 aliphatic carbocycles. The molecule has 2 bridgehead atoms. The molecule has 0 aliphatic rings. The maximum absolute atomic E-state index is 11.1. The van der Waals surface area contributed by atoms with Crippen LogP contribution in [-0.4, -0.2) is 12.1 Å². The molecule has 3 aromatic rings. The molecule has 0 spiro atoms. The minimum Gasteiger partial charge on any atom is -0.463 e. The fraction of sp³-hybridized carbons (Fsp3) is 0.579. The largest absolute Gasteiger partial charge is 0.463 e. The molecule has 0 N–H and O–H groups in total. The van der Waals surface area contributed by atoms with Crippen LogP contribution < -0.4 is 5.63 Å². The van der Waals surface area contributed by atoms with Gasteiger partial charge in [-0.3, -0.25) is 4.79 Å². The molecule has 2 aromatic heterocycles. The molecule has 4 heteroatoms. The highest BCUT2D eigenvalue weighted by Gasteiger charge is 2.06. The van der Waals surface area contributed by atoms with Gasteiger partial charge in [-0.1, -0.05) is 33.6 Å². The van der Waals surface area contributed by atoms with Gasteiger partial charge < -0.3 is 9.15 Å². The number of unbranched alkanes of at least 4 members (excludes halogenated alkanes) is 2. The van der Waals surface area contributed by atoms with Gasteiger partial charge in [-0.15, -0.1) is 0 Å². The van der Waals surface area contributed by atoms with Crippen LogP contribution in [0.4, 0.5) is 0 Å². The molecule has 1 unspecified atom stereocenters. The van der Waals surface area contributed by atoms with Crippen molar-refractivity contribution in [3.63, 3.8) is 0 Å². The first kappa shape index (κ1) is 19.2. The second kappa shape index (κ2) is 10.0. The summed E-state index contributed by atoms with van der Waals surface area (Å²) in [6, 6.07) is 5.52. The van der Waals surface area contributed by atoms with Gasteiger partial charge in [0.25, 0.3) is 0 Å². The van der Waals surface area contributed by atoms with E-state index in [1.165, 1.54) is 0 Å². The minimum atomic E-state index is -0.222. The van der Waals surface area contributed by atoms with Crippen LogP contribution in [0, 0.1) is 0 Å². The molecule has 0 radical (unpaired) electrons. The second-order valence-electron chi connectivity index (χ2n) is 5.73. The van der Waals surface area contributed by atoms with E-state index in [-0.39, 0.29) is 17.7 Å². The summed E-state index contributed by atoms with van der Waals surface area (Å²) in [5, 5.41) is 0.664. The Labute approximate surface area is 138 Å². The summed E-state index contributed by atoms with van der Waals surface area (Å²) in [6.45, 7) is 8.11. The Kier molecular flexibility index (Phi) is 8.38. The van der Waals surface area contributed by atoms with Crippen molar-refractivity contribution in [1.29, 1.82) is 0 Å². The third-order valence-corrected chi connectivity index (χ3v) is 3.77. The van der Waals surface area contributed by atoms with E-state index >= 15 is 0 Å². The van der Waals surface area contributed by atoms with Gasteiger partial charge in [0.05, 0.1) is 11.5 Å². The number of rotatable bonds is 7. The van der Waals surface area contributed by atoms with Gasteiger partial charge in [0.2, 0.25) is 0 Å². The molecule has 128 valence electrons. The summed E-state index contributed by atoms with van der Waals surface area (Å²) < 4.78 is 10.1. The standard InChI is InChI=1S/C10H20O2.C9H8O2/c1-4-6-7-8-10(11)12-9(3)5-2;1-2-6-5-7-3-4-8(6)11-9(7)10/h9H,4-8H2,1-3H3;3-5H,2H2,1H3. The Hall–Kier alpha value is -1.84. The van der Waals surface area contributed by atoms with Crippen molar-refractivity contribution in [2.45, 2.75) is 72.3 Å². The lowest BCUT2D eigenvalue weighted by atomic mass is 10.1. The molecule has 2 heterocycles. The Bertz CT molecular complexity index is 629. The van der Waals surface area contributed by atoms with Crippen molar-refractivity contribution in [1.82, 2.24) is 0 Å². The molecule has 4 nitrogen and oxygen atoms in total. The lowest BCUT2D eigenvalue weighted by molar-refractivity contribution is -0.148. The Balaban J connectivity index is 0.000000230. The number of fused-ring (bicyclic) bond motifs is 3. The fourth-order valence-corrected chi connectivity index (χ4v) is 2.13. The predicted molar refractivity (Wildman–Crippen MR) is 93.0 cm³/mol. The molecular formula is C19H28O4. The van der Waals surface area contributed by atoms with E-state index in [0.717, 1.165) is 37.7 Å². The summed E-state index contributed by atoms with van der Waals surface area (Å²) >= 11 is 0. The van der Waals surface area contributed by atoms with Crippen LogP contribution in [0.2, 0.25) is 0 Å². The zero-order valence-corrected chi connectivity index (χ0v) is 14.7. The van der Waals surface area contributed by atoms with Gasteiger partial charge in [-0.2, -0.15) is 0 Å². The molecule has 0 aliphatic heterocycles. The van der Waals surface area contributed by atoms with Gasteiger partial charge in [-0.25, -0.2) is 4.79 Å². The predicted octanol–water partition coefficient (Wildman–Crippen LogP) is 4.70. The van der Waals surface area contributed by atoms with Gasteiger partial charge >= 0.3 is 11.6 Å². The summed E-state index contributed by atoms with van der Waals surface area (Å²) in [5.74, 6) is -0.0437. The van der Waals surface area contributed by atoms with E-state index in [0.29, 0.717) is 17.4 Å². The summed E-state index contributed by atoms with van der Waals surface area (Å²) in [7, 11) is 0. The molecule has 23 heavy (non-hydrogen) atoms. The van der Waals surface area contributed by atoms with E-state index < -0.39 is 0 Å². The third kappa shape index (κ3) is 6.43. The van der Waals surface area contributed by atoms with Gasteiger partial charge in [0.15, 0.2) is 0 Å². The monoisotopic (exact) mass is 320 g/mol. The third-order valence-electron chi connectivity index (χ3n) is 3.77. The van der Waals surface area contributed by atoms with E-state index in [1.54, 1.807) is 6.07 Å². The first-order valence-corrected chi connectivity index (χ1v) is 8.56.